The third-order valence-corrected chi connectivity index (χ3v) is 4.45. The highest BCUT2D eigenvalue weighted by molar-refractivity contribution is 4.86. The van der Waals surface area contributed by atoms with Crippen LogP contribution in [0.15, 0.2) is 0 Å². The van der Waals surface area contributed by atoms with Gasteiger partial charge in [-0.05, 0) is 44.1 Å². The molecule has 0 heterocycles. The van der Waals surface area contributed by atoms with Crippen molar-refractivity contribution in [2.75, 3.05) is 6.54 Å². The molecular weight excluding hydrogens is 194 g/mol. The predicted molar refractivity (Wildman–Crippen MR) is 70.6 cm³/mol. The average Bonchev–Trinajstić information content (AvgIpc) is 3.01. The van der Waals surface area contributed by atoms with E-state index in [1.54, 1.807) is 0 Å². The summed E-state index contributed by atoms with van der Waals surface area (Å²) in [6.07, 6.45) is 14.8. The molecule has 94 valence electrons. The molecule has 2 saturated carbocycles. The van der Waals surface area contributed by atoms with Crippen molar-refractivity contribution in [2.45, 2.75) is 77.2 Å². The van der Waals surface area contributed by atoms with Gasteiger partial charge in [-0.2, -0.15) is 0 Å². The van der Waals surface area contributed by atoms with E-state index in [0.717, 1.165) is 17.9 Å². The van der Waals surface area contributed by atoms with Crippen LogP contribution in [-0.4, -0.2) is 12.6 Å². The third kappa shape index (κ3) is 4.08. The molecule has 2 fully saturated rings. The van der Waals surface area contributed by atoms with E-state index in [0.29, 0.717) is 0 Å². The number of nitrogens with one attached hydrogen (secondary N) is 1. The van der Waals surface area contributed by atoms with Crippen molar-refractivity contribution in [3.05, 3.63) is 0 Å². The first-order valence-electron chi connectivity index (χ1n) is 7.63. The largest absolute Gasteiger partial charge is 0.314 e. The van der Waals surface area contributed by atoms with Crippen LogP contribution >= 0.6 is 0 Å². The van der Waals surface area contributed by atoms with E-state index >= 15 is 0 Å². The summed E-state index contributed by atoms with van der Waals surface area (Å²) in [4.78, 5) is 0. The van der Waals surface area contributed by atoms with Gasteiger partial charge in [0.15, 0.2) is 0 Å². The van der Waals surface area contributed by atoms with Crippen molar-refractivity contribution in [1.29, 1.82) is 0 Å². The Morgan fingerprint density at radius 3 is 2.50 bits per heavy atom. The molecule has 1 nitrogen and oxygen atoms in total. The standard InChI is InChI=1S/C15H29N/c1-2-12-16-15(14-10-11-14)9-5-8-13-6-3-4-7-13/h13-16H,2-12H2,1H3. The van der Waals surface area contributed by atoms with E-state index in [1.807, 2.05) is 0 Å². The minimum atomic E-state index is 0.862. The lowest BCUT2D eigenvalue weighted by Gasteiger charge is -2.18. The van der Waals surface area contributed by atoms with Crippen LogP contribution < -0.4 is 5.32 Å². The predicted octanol–water partition coefficient (Wildman–Crippen LogP) is 4.13. The van der Waals surface area contributed by atoms with Crippen LogP contribution in [0.2, 0.25) is 0 Å². The molecule has 0 bridgehead atoms. The van der Waals surface area contributed by atoms with Crippen molar-refractivity contribution in [3.63, 3.8) is 0 Å². The number of rotatable bonds is 8. The van der Waals surface area contributed by atoms with Crippen LogP contribution in [0.5, 0.6) is 0 Å². The smallest absolute Gasteiger partial charge is 0.00953 e. The van der Waals surface area contributed by atoms with Crippen molar-refractivity contribution < 1.29 is 0 Å². The molecule has 0 aliphatic heterocycles. The summed E-state index contributed by atoms with van der Waals surface area (Å²) in [6, 6.07) is 0.862. The Bertz CT molecular complexity index is 180. The van der Waals surface area contributed by atoms with Gasteiger partial charge in [-0.1, -0.05) is 45.4 Å². The Hall–Kier alpha value is -0.0400. The van der Waals surface area contributed by atoms with Gasteiger partial charge in [-0.15, -0.1) is 0 Å². The lowest BCUT2D eigenvalue weighted by Crippen LogP contribution is -2.31. The lowest BCUT2D eigenvalue weighted by atomic mass is 9.97. The molecule has 0 aromatic heterocycles. The van der Waals surface area contributed by atoms with Gasteiger partial charge in [0.1, 0.15) is 0 Å². The van der Waals surface area contributed by atoms with Crippen molar-refractivity contribution in [2.24, 2.45) is 11.8 Å². The number of hydrogen-bond acceptors (Lipinski definition) is 1. The summed E-state index contributed by atoms with van der Waals surface area (Å²) < 4.78 is 0. The van der Waals surface area contributed by atoms with Gasteiger partial charge in [0, 0.05) is 6.04 Å². The Kier molecular flexibility index (Phi) is 5.15. The molecule has 2 rings (SSSR count). The molecule has 2 aliphatic carbocycles. The first-order valence-corrected chi connectivity index (χ1v) is 7.63. The van der Waals surface area contributed by atoms with E-state index in [2.05, 4.69) is 12.2 Å². The summed E-state index contributed by atoms with van der Waals surface area (Å²) in [5.74, 6) is 2.13. The van der Waals surface area contributed by atoms with Crippen molar-refractivity contribution in [1.82, 2.24) is 5.32 Å². The van der Waals surface area contributed by atoms with Gasteiger partial charge < -0.3 is 5.32 Å². The van der Waals surface area contributed by atoms with Gasteiger partial charge in [0.05, 0.1) is 0 Å². The zero-order valence-corrected chi connectivity index (χ0v) is 11.0. The van der Waals surface area contributed by atoms with Gasteiger partial charge in [0.2, 0.25) is 0 Å². The molecule has 0 aromatic carbocycles. The molecule has 0 aromatic rings. The summed E-state index contributed by atoms with van der Waals surface area (Å²) in [7, 11) is 0. The highest BCUT2D eigenvalue weighted by Crippen LogP contribution is 2.36. The van der Waals surface area contributed by atoms with E-state index in [9.17, 15) is 0 Å². The van der Waals surface area contributed by atoms with Crippen molar-refractivity contribution in [3.8, 4) is 0 Å². The fourth-order valence-electron chi connectivity index (χ4n) is 3.26. The van der Waals surface area contributed by atoms with Crippen molar-refractivity contribution >= 4 is 0 Å². The van der Waals surface area contributed by atoms with Gasteiger partial charge in [0.25, 0.3) is 0 Å². The highest BCUT2D eigenvalue weighted by atomic mass is 14.9. The Balaban J connectivity index is 1.57. The second-order valence-corrected chi connectivity index (χ2v) is 5.98. The van der Waals surface area contributed by atoms with E-state index in [4.69, 9.17) is 0 Å². The molecule has 1 unspecified atom stereocenters. The fourth-order valence-corrected chi connectivity index (χ4v) is 3.26. The van der Waals surface area contributed by atoms with Crippen LogP contribution in [0.3, 0.4) is 0 Å². The average molecular weight is 223 g/mol. The lowest BCUT2D eigenvalue weighted by molar-refractivity contribution is 0.390. The summed E-state index contributed by atoms with van der Waals surface area (Å²) in [5, 5.41) is 3.76. The first-order chi connectivity index (χ1) is 7.90. The minimum Gasteiger partial charge on any atom is -0.314 e. The summed E-state index contributed by atoms with van der Waals surface area (Å²) in [6.45, 7) is 3.50. The molecule has 0 radical (unpaired) electrons. The SMILES string of the molecule is CCCNC(CCCC1CCCC1)C1CC1. The van der Waals surface area contributed by atoms with Gasteiger partial charge in [-0.3, -0.25) is 0 Å². The van der Waals surface area contributed by atoms with Crippen LogP contribution in [0.4, 0.5) is 0 Å². The molecule has 1 heteroatoms. The zero-order valence-electron chi connectivity index (χ0n) is 11.0. The maximum Gasteiger partial charge on any atom is 0.00953 e. The second-order valence-electron chi connectivity index (χ2n) is 5.98. The quantitative estimate of drug-likeness (QED) is 0.652. The Labute approximate surface area is 101 Å². The molecule has 0 amide bonds. The number of hydrogen-bond donors (Lipinski definition) is 1. The Morgan fingerprint density at radius 2 is 1.88 bits per heavy atom. The third-order valence-electron chi connectivity index (χ3n) is 4.45. The summed E-state index contributed by atoms with van der Waals surface area (Å²) in [5.41, 5.74) is 0. The maximum absolute atomic E-state index is 3.76. The molecule has 2 aliphatic rings. The van der Waals surface area contributed by atoms with Gasteiger partial charge >= 0.3 is 0 Å². The van der Waals surface area contributed by atoms with Crippen LogP contribution in [0.25, 0.3) is 0 Å². The fraction of sp³-hybridized carbons (Fsp3) is 1.00. The van der Waals surface area contributed by atoms with E-state index in [1.165, 1.54) is 70.8 Å². The normalized spacial score (nSPS) is 23.8. The molecule has 16 heavy (non-hydrogen) atoms. The molecular formula is C15H29N. The first kappa shape index (κ1) is 12.4. The molecule has 1 atom stereocenters. The van der Waals surface area contributed by atoms with Gasteiger partial charge in [-0.25, -0.2) is 0 Å². The van der Waals surface area contributed by atoms with E-state index in [-0.39, 0.29) is 0 Å². The highest BCUT2D eigenvalue weighted by Gasteiger charge is 2.30. The monoisotopic (exact) mass is 223 g/mol. The summed E-state index contributed by atoms with van der Waals surface area (Å²) >= 11 is 0. The zero-order chi connectivity index (χ0) is 11.2. The van der Waals surface area contributed by atoms with Crippen LogP contribution in [0, 0.1) is 11.8 Å². The van der Waals surface area contributed by atoms with Crippen LogP contribution in [-0.2, 0) is 0 Å². The molecule has 0 spiro atoms. The Morgan fingerprint density at radius 1 is 1.12 bits per heavy atom. The van der Waals surface area contributed by atoms with E-state index < -0.39 is 0 Å². The van der Waals surface area contributed by atoms with Crippen LogP contribution in [0.1, 0.15) is 71.1 Å². The topological polar surface area (TPSA) is 12.0 Å². The maximum atomic E-state index is 3.76. The minimum absolute atomic E-state index is 0.862. The second kappa shape index (κ2) is 6.64. The molecule has 0 saturated heterocycles. The molecule has 1 N–H and O–H groups in total.